The van der Waals surface area contributed by atoms with Gasteiger partial charge in [0.2, 0.25) is 5.96 Å². The SMILES string of the molecule is CO[C@H]1/C=C\C=C(/C)C(=O)Nc2cc(O)c(N=NC3=NCCN3)c(c2O)C[C@@H](C)C[C@H](OC)[C@H](O)[C@@H](C)/C=C(\C)[C@@H]1OC(N)=O. The van der Waals surface area contributed by atoms with Gasteiger partial charge in [0.05, 0.1) is 24.4 Å². The maximum absolute atomic E-state index is 13.1. The molecule has 7 N–H and O–H groups in total. The molecule has 14 heteroatoms. The number of azo groups is 1. The number of benzene rings is 1. The van der Waals surface area contributed by atoms with E-state index in [9.17, 15) is 24.9 Å². The van der Waals surface area contributed by atoms with Crippen LogP contribution >= 0.6 is 0 Å². The van der Waals surface area contributed by atoms with Gasteiger partial charge in [-0.1, -0.05) is 38.2 Å². The van der Waals surface area contributed by atoms with Crippen molar-refractivity contribution in [1.29, 1.82) is 0 Å². The maximum Gasteiger partial charge on any atom is 0.405 e. The quantitative estimate of drug-likeness (QED) is 0.124. The van der Waals surface area contributed by atoms with E-state index in [2.05, 4.69) is 25.9 Å². The number of nitrogens with zero attached hydrogens (tertiary/aromatic N) is 3. The molecule has 2 amide bonds. The molecule has 0 aliphatic carbocycles. The first-order valence-corrected chi connectivity index (χ1v) is 14.7. The third kappa shape index (κ3) is 9.36. The van der Waals surface area contributed by atoms with Crippen molar-refractivity contribution in [1.82, 2.24) is 5.32 Å². The van der Waals surface area contributed by atoms with Crippen LogP contribution in [0.15, 0.2) is 56.7 Å². The van der Waals surface area contributed by atoms with Crippen molar-refractivity contribution < 1.29 is 39.1 Å². The van der Waals surface area contributed by atoms with Crippen LogP contribution < -0.4 is 16.4 Å². The number of allylic oxidation sites excluding steroid dienone is 2. The van der Waals surface area contributed by atoms with Gasteiger partial charge in [0.15, 0.2) is 6.10 Å². The zero-order chi connectivity index (χ0) is 33.3. The summed E-state index contributed by atoms with van der Waals surface area (Å²) in [5.41, 5.74) is 6.47. The summed E-state index contributed by atoms with van der Waals surface area (Å²) < 4.78 is 16.6. The van der Waals surface area contributed by atoms with Crippen molar-refractivity contribution in [2.45, 2.75) is 65.0 Å². The standard InChI is InChI=1S/C31H44N6O8/c1-16-12-20-25(36-37-31-33-10-11-34-31)22(38)15-21(27(20)40)35-29(41)17(2)8-7-9-23(43-5)28(45-30(32)42)19(4)14-18(3)26(39)24(13-16)44-6/h7-9,14-16,18,23-24,26,28,38-40H,10-13H2,1-6H3,(H2,32,42)(H,33,34)(H,35,41)/b9-7-,17-8+,19-14+,37-36?/t16-,18+,23+,24+,26-,28+/m1/s1. The number of carbonyl (C=O) groups excluding carboxylic acids is 2. The number of methoxy groups -OCH3 is 2. The smallest absolute Gasteiger partial charge is 0.405 e. The Balaban J connectivity index is 2.12. The Morgan fingerprint density at radius 3 is 2.51 bits per heavy atom. The van der Waals surface area contributed by atoms with Crippen LogP contribution in [-0.4, -0.2) is 85.0 Å². The molecular formula is C31H44N6O8. The van der Waals surface area contributed by atoms with Gasteiger partial charge in [-0.25, -0.2) is 9.79 Å². The number of nitrogens with one attached hydrogen (secondary N) is 2. The van der Waals surface area contributed by atoms with Gasteiger partial charge in [0, 0.05) is 43.9 Å². The van der Waals surface area contributed by atoms with Crippen molar-refractivity contribution in [3.05, 3.63) is 47.1 Å². The van der Waals surface area contributed by atoms with Crippen LogP contribution in [0.25, 0.3) is 0 Å². The first-order chi connectivity index (χ1) is 21.4. The predicted molar refractivity (Wildman–Crippen MR) is 169 cm³/mol. The summed E-state index contributed by atoms with van der Waals surface area (Å²) in [7, 11) is 2.93. The molecule has 0 saturated heterocycles. The van der Waals surface area contributed by atoms with E-state index in [0.717, 1.165) is 0 Å². The Labute approximate surface area is 262 Å². The number of carbonyl (C=O) groups is 2. The summed E-state index contributed by atoms with van der Waals surface area (Å²) in [5, 5.41) is 47.5. The molecule has 2 bridgehead atoms. The number of aliphatic hydroxyl groups is 1. The number of guanidine groups is 1. The second kappa shape index (κ2) is 16.2. The lowest BCUT2D eigenvalue weighted by atomic mass is 9.87. The Kier molecular flexibility index (Phi) is 12.6. The Morgan fingerprint density at radius 2 is 1.89 bits per heavy atom. The summed E-state index contributed by atoms with van der Waals surface area (Å²) >= 11 is 0. The van der Waals surface area contributed by atoms with E-state index in [1.807, 2.05) is 6.92 Å². The molecule has 6 atom stereocenters. The fourth-order valence-electron chi connectivity index (χ4n) is 5.26. The predicted octanol–water partition coefficient (Wildman–Crippen LogP) is 3.60. The third-order valence-corrected chi connectivity index (χ3v) is 7.70. The normalized spacial score (nSPS) is 29.9. The zero-order valence-electron chi connectivity index (χ0n) is 26.5. The number of phenols is 2. The van der Waals surface area contributed by atoms with Gasteiger partial charge in [0.1, 0.15) is 23.3 Å². The van der Waals surface area contributed by atoms with Gasteiger partial charge in [0.25, 0.3) is 5.91 Å². The lowest BCUT2D eigenvalue weighted by Gasteiger charge is -2.29. The summed E-state index contributed by atoms with van der Waals surface area (Å²) in [4.78, 5) is 29.0. The number of hydrogen-bond donors (Lipinski definition) is 6. The van der Waals surface area contributed by atoms with Gasteiger partial charge >= 0.3 is 6.09 Å². The number of aliphatic hydroxyl groups excluding tert-OH is 1. The van der Waals surface area contributed by atoms with E-state index in [1.165, 1.54) is 26.4 Å². The molecule has 14 nitrogen and oxygen atoms in total. The minimum Gasteiger partial charge on any atom is -0.506 e. The minimum atomic E-state index is -0.999. The Bertz CT molecular complexity index is 1390. The van der Waals surface area contributed by atoms with Crippen molar-refractivity contribution in [2.24, 2.45) is 32.8 Å². The number of anilines is 1. The molecule has 0 radical (unpaired) electrons. The molecular weight excluding hydrogens is 584 g/mol. The van der Waals surface area contributed by atoms with Crippen LogP contribution in [0.3, 0.4) is 0 Å². The Morgan fingerprint density at radius 1 is 1.16 bits per heavy atom. The molecule has 0 fully saturated rings. The number of nitrogens with two attached hydrogens (primary N) is 1. The van der Waals surface area contributed by atoms with Crippen LogP contribution in [-0.2, 0) is 25.4 Å². The fraction of sp³-hybridized carbons (Fsp3) is 0.516. The molecule has 3 rings (SSSR count). The lowest BCUT2D eigenvalue weighted by Crippen LogP contribution is -2.37. The summed E-state index contributed by atoms with van der Waals surface area (Å²) in [6.45, 7) is 8.17. The molecule has 2 heterocycles. The Hall–Kier alpha value is -4.27. The lowest BCUT2D eigenvalue weighted by molar-refractivity contribution is -0.112. The van der Waals surface area contributed by atoms with Gasteiger partial charge in [-0.05, 0) is 38.2 Å². The molecule has 1 aromatic rings. The van der Waals surface area contributed by atoms with Crippen molar-refractivity contribution >= 4 is 29.3 Å². The number of aliphatic imine (C=N–C) groups is 1. The first kappa shape index (κ1) is 35.2. The van der Waals surface area contributed by atoms with Crippen LogP contribution in [0.5, 0.6) is 11.5 Å². The number of primary amides is 1. The molecule has 0 saturated carbocycles. The summed E-state index contributed by atoms with van der Waals surface area (Å²) in [6.07, 6.45) is 2.69. The number of rotatable bonds is 4. The van der Waals surface area contributed by atoms with E-state index >= 15 is 0 Å². The highest BCUT2D eigenvalue weighted by Gasteiger charge is 2.30. The number of aromatic hydroxyl groups is 2. The minimum absolute atomic E-state index is 0.0221. The van der Waals surface area contributed by atoms with Gasteiger partial charge in [-0.2, -0.15) is 0 Å². The fourth-order valence-corrected chi connectivity index (χ4v) is 5.26. The van der Waals surface area contributed by atoms with Crippen LogP contribution in [0.2, 0.25) is 0 Å². The van der Waals surface area contributed by atoms with E-state index in [0.29, 0.717) is 31.0 Å². The number of amides is 2. The van der Waals surface area contributed by atoms with E-state index in [-0.39, 0.29) is 46.3 Å². The summed E-state index contributed by atoms with van der Waals surface area (Å²) in [5.74, 6) is -1.49. The average molecular weight is 629 g/mol. The number of ether oxygens (including phenoxy) is 3. The largest absolute Gasteiger partial charge is 0.506 e. The van der Waals surface area contributed by atoms with Crippen LogP contribution in [0.1, 0.15) is 39.7 Å². The zero-order valence-corrected chi connectivity index (χ0v) is 26.5. The third-order valence-electron chi connectivity index (χ3n) is 7.70. The number of fused-ring (bicyclic) bond motifs is 2. The van der Waals surface area contributed by atoms with Crippen molar-refractivity contribution in [2.75, 3.05) is 32.6 Å². The number of hydrogen-bond acceptors (Lipinski definition) is 12. The molecule has 0 spiro atoms. The highest BCUT2D eigenvalue weighted by molar-refractivity contribution is 6.04. The molecule has 2 aliphatic rings. The van der Waals surface area contributed by atoms with E-state index < -0.39 is 42.3 Å². The topological polar surface area (TPSA) is 210 Å². The van der Waals surface area contributed by atoms with Crippen molar-refractivity contribution in [3.8, 4) is 11.5 Å². The average Bonchev–Trinajstić information content (AvgIpc) is 3.51. The molecule has 246 valence electrons. The monoisotopic (exact) mass is 628 g/mol. The molecule has 0 aromatic heterocycles. The van der Waals surface area contributed by atoms with Crippen LogP contribution in [0, 0.1) is 11.8 Å². The van der Waals surface area contributed by atoms with E-state index in [4.69, 9.17) is 19.9 Å². The highest BCUT2D eigenvalue weighted by atomic mass is 16.6. The maximum atomic E-state index is 13.1. The second-order valence-corrected chi connectivity index (χ2v) is 11.3. The first-order valence-electron chi connectivity index (χ1n) is 14.7. The molecule has 1 aromatic carbocycles. The van der Waals surface area contributed by atoms with Crippen molar-refractivity contribution in [3.63, 3.8) is 0 Å². The summed E-state index contributed by atoms with van der Waals surface area (Å²) in [6, 6.07) is 1.20. The number of phenolic OH excluding ortho intramolecular Hbond substituents is 2. The highest BCUT2D eigenvalue weighted by Crippen LogP contribution is 2.44. The molecule has 0 unspecified atom stereocenters. The van der Waals surface area contributed by atoms with E-state index in [1.54, 1.807) is 39.0 Å². The van der Waals surface area contributed by atoms with Gasteiger partial charge < -0.3 is 45.9 Å². The molecule has 45 heavy (non-hydrogen) atoms. The van der Waals surface area contributed by atoms with Gasteiger partial charge in [-0.15, -0.1) is 10.2 Å². The van der Waals surface area contributed by atoms with Crippen LogP contribution in [0.4, 0.5) is 16.2 Å². The molecule has 2 aliphatic heterocycles. The second-order valence-electron chi connectivity index (χ2n) is 11.3. The van der Waals surface area contributed by atoms with Gasteiger partial charge in [-0.3, -0.25) is 4.79 Å².